The molecule has 1 N–H and O–H groups in total. The zero-order valence-electron chi connectivity index (χ0n) is 16.8. The first-order valence-corrected chi connectivity index (χ1v) is 10.2. The fourth-order valence-electron chi connectivity index (χ4n) is 5.87. The molecule has 1 atom stereocenters. The van der Waals surface area contributed by atoms with Crippen LogP contribution in [0.1, 0.15) is 55.8 Å². The normalized spacial score (nSPS) is 31.2. The second kappa shape index (κ2) is 7.30. The third-order valence-corrected chi connectivity index (χ3v) is 6.71. The van der Waals surface area contributed by atoms with Gasteiger partial charge in [-0.05, 0) is 75.3 Å². The maximum atomic E-state index is 12.8. The molecule has 4 bridgehead atoms. The van der Waals surface area contributed by atoms with Crippen molar-refractivity contribution in [1.29, 1.82) is 0 Å². The highest BCUT2D eigenvalue weighted by molar-refractivity contribution is 5.95. The van der Waals surface area contributed by atoms with Crippen LogP contribution in [0.4, 0.5) is 0 Å². The van der Waals surface area contributed by atoms with Gasteiger partial charge in [0.15, 0.2) is 6.10 Å². The van der Waals surface area contributed by atoms with Crippen LogP contribution in [-0.4, -0.2) is 37.7 Å². The Labute approximate surface area is 165 Å². The molecule has 0 saturated heterocycles. The third kappa shape index (κ3) is 3.56. The Morgan fingerprint density at radius 3 is 2.18 bits per heavy atom. The lowest BCUT2D eigenvalue weighted by Crippen LogP contribution is -2.61. The van der Waals surface area contributed by atoms with E-state index in [-0.39, 0.29) is 17.0 Å². The van der Waals surface area contributed by atoms with E-state index in [1.807, 2.05) is 0 Å². The van der Waals surface area contributed by atoms with Crippen molar-refractivity contribution < 1.29 is 23.8 Å². The number of nitrogens with one attached hydrogen (secondary N) is 1. The van der Waals surface area contributed by atoms with Crippen molar-refractivity contribution >= 4 is 11.9 Å². The van der Waals surface area contributed by atoms with Crippen LogP contribution in [0.15, 0.2) is 18.2 Å². The van der Waals surface area contributed by atoms with Crippen molar-refractivity contribution in [2.24, 2.45) is 17.8 Å². The lowest BCUT2D eigenvalue weighted by atomic mass is 9.53. The average Bonchev–Trinajstić information content (AvgIpc) is 2.65. The topological polar surface area (TPSA) is 73.9 Å². The van der Waals surface area contributed by atoms with Crippen LogP contribution in [-0.2, 0) is 9.53 Å². The fourth-order valence-corrected chi connectivity index (χ4v) is 5.87. The van der Waals surface area contributed by atoms with Crippen molar-refractivity contribution in [2.75, 3.05) is 14.2 Å². The maximum absolute atomic E-state index is 12.8. The van der Waals surface area contributed by atoms with E-state index in [1.54, 1.807) is 32.2 Å². The number of rotatable bonds is 6. The van der Waals surface area contributed by atoms with Gasteiger partial charge in [-0.1, -0.05) is 0 Å². The minimum absolute atomic E-state index is 0.0930. The molecule has 1 aromatic carbocycles. The zero-order chi connectivity index (χ0) is 19.9. The van der Waals surface area contributed by atoms with Crippen molar-refractivity contribution in [3.8, 4) is 11.5 Å². The van der Waals surface area contributed by atoms with E-state index in [2.05, 4.69) is 5.32 Å². The first kappa shape index (κ1) is 19.1. The van der Waals surface area contributed by atoms with Crippen LogP contribution in [0.3, 0.4) is 0 Å². The predicted molar refractivity (Wildman–Crippen MR) is 103 cm³/mol. The summed E-state index contributed by atoms with van der Waals surface area (Å²) in [5, 5.41) is 3.26. The van der Waals surface area contributed by atoms with E-state index < -0.39 is 12.1 Å². The second-order valence-corrected chi connectivity index (χ2v) is 8.80. The summed E-state index contributed by atoms with van der Waals surface area (Å²) in [5.41, 5.74) is 0.183. The van der Waals surface area contributed by atoms with Crippen molar-refractivity contribution in [2.45, 2.75) is 57.1 Å². The molecule has 0 aromatic heterocycles. The first-order chi connectivity index (χ1) is 13.4. The van der Waals surface area contributed by atoms with Crippen LogP contribution < -0.4 is 14.8 Å². The van der Waals surface area contributed by atoms with Gasteiger partial charge >= 0.3 is 5.97 Å². The Bertz CT molecular complexity index is 739. The van der Waals surface area contributed by atoms with E-state index >= 15 is 0 Å². The summed E-state index contributed by atoms with van der Waals surface area (Å²) in [6.07, 6.45) is 6.30. The largest absolute Gasteiger partial charge is 0.497 e. The van der Waals surface area contributed by atoms with E-state index in [4.69, 9.17) is 14.2 Å². The van der Waals surface area contributed by atoms with E-state index in [0.717, 1.165) is 37.0 Å². The number of hydrogen-bond donors (Lipinski definition) is 1. The van der Waals surface area contributed by atoms with Gasteiger partial charge in [0.25, 0.3) is 5.91 Å². The summed E-state index contributed by atoms with van der Waals surface area (Å²) >= 11 is 0. The highest BCUT2D eigenvalue weighted by Crippen LogP contribution is 2.55. The number of benzene rings is 1. The summed E-state index contributed by atoms with van der Waals surface area (Å²) in [7, 11) is 3.03. The molecule has 1 aromatic rings. The van der Waals surface area contributed by atoms with Crippen LogP contribution in [0.2, 0.25) is 0 Å². The molecule has 0 heterocycles. The standard InChI is InChI=1S/C22H29NO5/c1-13(28-21(25)18-5-4-17(26-2)9-19(18)27-3)20(24)23-22-10-14-6-15(11-22)8-16(7-14)12-22/h4-5,9,13-16H,6-8,10-12H2,1-3H3,(H,23,24)/t13-,14?,15?,16?,22?/m0/s1. The van der Waals surface area contributed by atoms with Gasteiger partial charge in [-0.25, -0.2) is 4.79 Å². The van der Waals surface area contributed by atoms with Crippen molar-refractivity contribution in [1.82, 2.24) is 5.32 Å². The number of ether oxygens (including phenoxy) is 3. The second-order valence-electron chi connectivity index (χ2n) is 8.80. The summed E-state index contributed by atoms with van der Waals surface area (Å²) in [6, 6.07) is 4.87. The Hall–Kier alpha value is -2.24. The molecule has 0 spiro atoms. The average molecular weight is 387 g/mol. The molecule has 0 radical (unpaired) electrons. The Kier molecular flexibility index (Phi) is 4.98. The molecule has 4 aliphatic rings. The molecule has 5 rings (SSSR count). The van der Waals surface area contributed by atoms with E-state index in [0.29, 0.717) is 11.5 Å². The highest BCUT2D eigenvalue weighted by atomic mass is 16.5. The molecule has 6 heteroatoms. The highest BCUT2D eigenvalue weighted by Gasteiger charge is 2.51. The van der Waals surface area contributed by atoms with Gasteiger partial charge in [0.1, 0.15) is 17.1 Å². The molecule has 6 nitrogen and oxygen atoms in total. The van der Waals surface area contributed by atoms with Gasteiger partial charge in [-0.15, -0.1) is 0 Å². The van der Waals surface area contributed by atoms with Gasteiger partial charge in [0, 0.05) is 11.6 Å². The number of carbonyl (C=O) groups excluding carboxylic acids is 2. The van der Waals surface area contributed by atoms with Crippen LogP contribution in [0.25, 0.3) is 0 Å². The van der Waals surface area contributed by atoms with Gasteiger partial charge in [0.05, 0.1) is 14.2 Å². The van der Waals surface area contributed by atoms with Crippen molar-refractivity contribution in [3.05, 3.63) is 23.8 Å². The first-order valence-electron chi connectivity index (χ1n) is 10.2. The van der Waals surface area contributed by atoms with E-state index in [9.17, 15) is 9.59 Å². The van der Waals surface area contributed by atoms with Crippen LogP contribution in [0, 0.1) is 17.8 Å². The SMILES string of the molecule is COc1ccc(C(=O)O[C@@H](C)C(=O)NC23CC4CC(CC(C4)C2)C3)c(OC)c1. The molecule has 152 valence electrons. The molecule has 4 saturated carbocycles. The summed E-state index contributed by atoms with van der Waals surface area (Å²) < 4.78 is 15.9. The molecule has 4 fully saturated rings. The van der Waals surface area contributed by atoms with Crippen LogP contribution in [0.5, 0.6) is 11.5 Å². The van der Waals surface area contributed by atoms with Gasteiger partial charge in [0.2, 0.25) is 0 Å². The molecule has 0 aliphatic heterocycles. The lowest BCUT2D eigenvalue weighted by Gasteiger charge is -2.57. The molecular formula is C22H29NO5. The Morgan fingerprint density at radius 1 is 1.04 bits per heavy atom. The van der Waals surface area contributed by atoms with Gasteiger partial charge in [-0.3, -0.25) is 4.79 Å². The van der Waals surface area contributed by atoms with Gasteiger partial charge in [-0.2, -0.15) is 0 Å². The molecule has 4 aliphatic carbocycles. The molecular weight excluding hydrogens is 358 g/mol. The lowest BCUT2D eigenvalue weighted by molar-refractivity contribution is -0.134. The number of esters is 1. The smallest absolute Gasteiger partial charge is 0.342 e. The van der Waals surface area contributed by atoms with Crippen molar-refractivity contribution in [3.63, 3.8) is 0 Å². The minimum Gasteiger partial charge on any atom is -0.497 e. The predicted octanol–water partition coefficient (Wildman–Crippen LogP) is 3.33. The van der Waals surface area contributed by atoms with Crippen LogP contribution >= 0.6 is 0 Å². The number of hydrogen-bond acceptors (Lipinski definition) is 5. The fraction of sp³-hybridized carbons (Fsp3) is 0.636. The minimum atomic E-state index is -0.854. The molecule has 1 amide bonds. The molecule has 0 unspecified atom stereocenters. The van der Waals surface area contributed by atoms with E-state index in [1.165, 1.54) is 26.4 Å². The molecule has 28 heavy (non-hydrogen) atoms. The Balaban J connectivity index is 1.40. The summed E-state index contributed by atoms with van der Waals surface area (Å²) in [5.74, 6) is 2.39. The Morgan fingerprint density at radius 2 is 1.64 bits per heavy atom. The number of methoxy groups -OCH3 is 2. The van der Waals surface area contributed by atoms with Gasteiger partial charge < -0.3 is 19.5 Å². The summed E-state index contributed by atoms with van der Waals surface area (Å²) in [6.45, 7) is 1.63. The summed E-state index contributed by atoms with van der Waals surface area (Å²) in [4.78, 5) is 25.4. The monoisotopic (exact) mass is 387 g/mol. The quantitative estimate of drug-likeness (QED) is 0.758. The zero-order valence-corrected chi connectivity index (χ0v) is 16.8. The number of amides is 1. The number of carbonyl (C=O) groups is 2. The maximum Gasteiger partial charge on any atom is 0.342 e. The third-order valence-electron chi connectivity index (χ3n) is 6.71.